The first-order valence-electron chi connectivity index (χ1n) is 5.95. The first-order chi connectivity index (χ1) is 8.88. The third-order valence-electron chi connectivity index (χ3n) is 2.98. The van der Waals surface area contributed by atoms with E-state index in [0.717, 1.165) is 0 Å². The number of nitrogens with one attached hydrogen (secondary N) is 1. The number of anilines is 1. The predicted molar refractivity (Wildman–Crippen MR) is 75.6 cm³/mol. The van der Waals surface area contributed by atoms with Crippen LogP contribution < -0.4 is 10.2 Å². The number of piperazine rings is 1. The van der Waals surface area contributed by atoms with Crippen molar-refractivity contribution < 1.29 is 9.59 Å². The normalized spacial score (nSPS) is 19.8. The Morgan fingerprint density at radius 1 is 1.21 bits per heavy atom. The van der Waals surface area contributed by atoms with Gasteiger partial charge in [0.25, 0.3) is 0 Å². The number of hydrogen-bond acceptors (Lipinski definition) is 2. The molecule has 1 heterocycles. The summed E-state index contributed by atoms with van der Waals surface area (Å²) in [6, 6.07) is 4.32. The van der Waals surface area contributed by atoms with Crippen LogP contribution in [-0.4, -0.2) is 24.4 Å². The molecule has 1 aliphatic rings. The minimum absolute atomic E-state index is 0.0152. The van der Waals surface area contributed by atoms with Gasteiger partial charge in [0.1, 0.15) is 12.6 Å². The number of nitrogens with zero attached hydrogens (tertiary/aromatic N) is 1. The molecular weight excluding hydrogens is 287 g/mol. The van der Waals surface area contributed by atoms with Gasteiger partial charge in [0, 0.05) is 15.7 Å². The zero-order valence-electron chi connectivity index (χ0n) is 10.6. The van der Waals surface area contributed by atoms with Gasteiger partial charge in [-0.25, -0.2) is 0 Å². The van der Waals surface area contributed by atoms with E-state index in [9.17, 15) is 9.59 Å². The highest BCUT2D eigenvalue weighted by molar-refractivity contribution is 6.35. The van der Waals surface area contributed by atoms with Crippen molar-refractivity contribution in [1.29, 1.82) is 0 Å². The van der Waals surface area contributed by atoms with E-state index in [-0.39, 0.29) is 24.3 Å². The maximum Gasteiger partial charge on any atom is 0.250 e. The van der Waals surface area contributed by atoms with Crippen LogP contribution in [0.25, 0.3) is 0 Å². The minimum atomic E-state index is -0.515. The number of hydrogen-bond donors (Lipinski definition) is 1. The molecule has 0 radical (unpaired) electrons. The van der Waals surface area contributed by atoms with Crippen LogP contribution in [0.15, 0.2) is 18.2 Å². The summed E-state index contributed by atoms with van der Waals surface area (Å²) in [6.07, 6.45) is 0. The van der Waals surface area contributed by atoms with Crippen molar-refractivity contribution in [2.75, 3.05) is 11.4 Å². The van der Waals surface area contributed by atoms with E-state index in [1.54, 1.807) is 18.2 Å². The molecule has 19 heavy (non-hydrogen) atoms. The number of amides is 2. The van der Waals surface area contributed by atoms with Crippen molar-refractivity contribution in [3.8, 4) is 0 Å². The number of carbonyl (C=O) groups excluding carboxylic acids is 2. The number of halogens is 2. The summed E-state index contributed by atoms with van der Waals surface area (Å²) in [4.78, 5) is 25.5. The molecule has 1 aromatic rings. The summed E-state index contributed by atoms with van der Waals surface area (Å²) < 4.78 is 0. The molecule has 1 saturated heterocycles. The molecule has 0 aliphatic carbocycles. The minimum Gasteiger partial charge on any atom is -0.342 e. The van der Waals surface area contributed by atoms with Crippen molar-refractivity contribution >= 4 is 40.7 Å². The molecule has 1 N–H and O–H groups in total. The lowest BCUT2D eigenvalue weighted by molar-refractivity contribution is -0.132. The quantitative estimate of drug-likeness (QED) is 0.912. The fourth-order valence-corrected chi connectivity index (χ4v) is 2.55. The van der Waals surface area contributed by atoms with Crippen LogP contribution in [0.2, 0.25) is 10.0 Å². The highest BCUT2D eigenvalue weighted by Gasteiger charge is 2.35. The Labute approximate surface area is 121 Å². The Hall–Kier alpha value is -1.26. The monoisotopic (exact) mass is 300 g/mol. The lowest BCUT2D eigenvalue weighted by Gasteiger charge is -2.34. The van der Waals surface area contributed by atoms with E-state index in [4.69, 9.17) is 23.2 Å². The van der Waals surface area contributed by atoms with Crippen molar-refractivity contribution in [1.82, 2.24) is 5.32 Å². The first-order valence-corrected chi connectivity index (χ1v) is 6.71. The zero-order valence-corrected chi connectivity index (χ0v) is 12.1. The molecule has 1 unspecified atom stereocenters. The Morgan fingerprint density at radius 2 is 1.79 bits per heavy atom. The zero-order chi connectivity index (χ0) is 14.2. The van der Waals surface area contributed by atoms with E-state index in [2.05, 4.69) is 5.32 Å². The second kappa shape index (κ2) is 5.39. The second-order valence-electron chi connectivity index (χ2n) is 4.84. The lowest BCUT2D eigenvalue weighted by Crippen LogP contribution is -2.60. The van der Waals surface area contributed by atoms with Gasteiger partial charge in [-0.15, -0.1) is 0 Å². The van der Waals surface area contributed by atoms with Gasteiger partial charge in [0.2, 0.25) is 11.8 Å². The smallest absolute Gasteiger partial charge is 0.250 e. The average molecular weight is 301 g/mol. The molecule has 4 nitrogen and oxygen atoms in total. The Bertz CT molecular complexity index is 511. The van der Waals surface area contributed by atoms with Gasteiger partial charge in [0.15, 0.2) is 0 Å². The highest BCUT2D eigenvalue weighted by Crippen LogP contribution is 2.27. The molecule has 6 heteroatoms. The Balaban J connectivity index is 2.37. The maximum absolute atomic E-state index is 12.4. The number of carbonyl (C=O) groups is 2. The summed E-state index contributed by atoms with van der Waals surface area (Å²) in [6.45, 7) is 3.76. The van der Waals surface area contributed by atoms with Gasteiger partial charge in [0.05, 0.1) is 0 Å². The van der Waals surface area contributed by atoms with Crippen molar-refractivity contribution in [3.05, 3.63) is 28.2 Å². The van der Waals surface area contributed by atoms with Crippen molar-refractivity contribution in [2.24, 2.45) is 5.92 Å². The first kappa shape index (κ1) is 14.2. The molecule has 0 bridgehead atoms. The van der Waals surface area contributed by atoms with Crippen LogP contribution in [0.5, 0.6) is 0 Å². The molecule has 1 aromatic carbocycles. The molecule has 1 fully saturated rings. The molecule has 1 atom stereocenters. The van der Waals surface area contributed by atoms with Gasteiger partial charge >= 0.3 is 0 Å². The predicted octanol–water partition coefficient (Wildman–Crippen LogP) is 2.48. The largest absolute Gasteiger partial charge is 0.342 e. The second-order valence-corrected chi connectivity index (χ2v) is 5.71. The molecule has 2 amide bonds. The lowest BCUT2D eigenvalue weighted by atomic mass is 10.0. The van der Waals surface area contributed by atoms with Crippen LogP contribution in [0.3, 0.4) is 0 Å². The van der Waals surface area contributed by atoms with Gasteiger partial charge in [-0.1, -0.05) is 37.0 Å². The molecule has 102 valence electrons. The van der Waals surface area contributed by atoms with E-state index >= 15 is 0 Å². The molecular formula is C13H14Cl2N2O2. The van der Waals surface area contributed by atoms with Gasteiger partial charge in [-0.3, -0.25) is 9.59 Å². The van der Waals surface area contributed by atoms with Crippen molar-refractivity contribution in [3.63, 3.8) is 0 Å². The number of rotatable bonds is 2. The van der Waals surface area contributed by atoms with Crippen molar-refractivity contribution in [2.45, 2.75) is 19.9 Å². The van der Waals surface area contributed by atoms with Crippen LogP contribution in [0, 0.1) is 5.92 Å². The molecule has 2 rings (SSSR count). The van der Waals surface area contributed by atoms with Crippen LogP contribution in [0.4, 0.5) is 5.69 Å². The standard InChI is InChI=1S/C13H14Cl2N2O2/c1-7(2)12-13(19)17(6-11(18)16-12)10-4-8(14)3-9(15)5-10/h3-5,7,12H,6H2,1-2H3,(H,16,18). The highest BCUT2D eigenvalue weighted by atomic mass is 35.5. The van der Waals surface area contributed by atoms with Gasteiger partial charge in [-0.2, -0.15) is 0 Å². The molecule has 0 saturated carbocycles. The fourth-order valence-electron chi connectivity index (χ4n) is 2.04. The molecule has 0 aromatic heterocycles. The van der Waals surface area contributed by atoms with E-state index in [1.807, 2.05) is 13.8 Å². The molecule has 1 aliphatic heterocycles. The van der Waals surface area contributed by atoms with Crippen LogP contribution in [-0.2, 0) is 9.59 Å². The Kier molecular flexibility index (Phi) is 4.02. The van der Waals surface area contributed by atoms with Gasteiger partial charge < -0.3 is 10.2 Å². The van der Waals surface area contributed by atoms with Crippen LogP contribution >= 0.6 is 23.2 Å². The van der Waals surface area contributed by atoms with E-state index in [1.165, 1.54) is 4.90 Å². The summed E-state index contributed by atoms with van der Waals surface area (Å²) in [5, 5.41) is 3.56. The molecule has 0 spiro atoms. The third kappa shape index (κ3) is 3.01. The SMILES string of the molecule is CC(C)C1NC(=O)CN(c2cc(Cl)cc(Cl)c2)C1=O. The summed E-state index contributed by atoms with van der Waals surface area (Å²) in [5.74, 6) is -0.309. The fraction of sp³-hybridized carbons (Fsp3) is 0.385. The number of benzene rings is 1. The van der Waals surface area contributed by atoms with Gasteiger partial charge in [-0.05, 0) is 24.1 Å². The van der Waals surface area contributed by atoms with Crippen LogP contribution in [0.1, 0.15) is 13.8 Å². The average Bonchev–Trinajstić information content (AvgIpc) is 2.30. The summed E-state index contributed by atoms with van der Waals surface area (Å²) >= 11 is 11.9. The van der Waals surface area contributed by atoms with E-state index < -0.39 is 6.04 Å². The third-order valence-corrected chi connectivity index (χ3v) is 3.41. The topological polar surface area (TPSA) is 49.4 Å². The summed E-state index contributed by atoms with van der Waals surface area (Å²) in [5.41, 5.74) is 0.544. The van der Waals surface area contributed by atoms with E-state index in [0.29, 0.717) is 15.7 Å². The summed E-state index contributed by atoms with van der Waals surface area (Å²) in [7, 11) is 0. The Morgan fingerprint density at radius 3 is 2.32 bits per heavy atom. The maximum atomic E-state index is 12.4.